The van der Waals surface area contributed by atoms with Crippen molar-refractivity contribution in [1.82, 2.24) is 0 Å². The van der Waals surface area contributed by atoms with Crippen LogP contribution in [-0.2, 0) is 4.79 Å². The Bertz CT molecular complexity index is 218. The third kappa shape index (κ3) is 3.09. The fourth-order valence-electron chi connectivity index (χ4n) is 0.782. The molecule has 0 saturated carbocycles. The van der Waals surface area contributed by atoms with Gasteiger partial charge in [0.05, 0.1) is 0 Å². The molecule has 0 atom stereocenters. The standard InChI is InChI=1S/C8H11NOS/c9-8(10)4-3-7-11-5-1-2-6-11/h1-6,11H,7H2,(H2,9,10). The summed E-state index contributed by atoms with van der Waals surface area (Å²) in [7, 11) is -0.131. The lowest BCUT2D eigenvalue weighted by atomic mass is 10.5. The van der Waals surface area contributed by atoms with E-state index in [9.17, 15) is 4.79 Å². The Morgan fingerprint density at radius 3 is 2.64 bits per heavy atom. The van der Waals surface area contributed by atoms with Gasteiger partial charge in [0.2, 0.25) is 5.91 Å². The number of rotatable bonds is 3. The van der Waals surface area contributed by atoms with E-state index in [-0.39, 0.29) is 16.8 Å². The molecular formula is C8H11NOS. The summed E-state index contributed by atoms with van der Waals surface area (Å²) in [6.45, 7) is 0. The van der Waals surface area contributed by atoms with Crippen molar-refractivity contribution in [3.63, 3.8) is 0 Å². The first-order chi connectivity index (χ1) is 5.29. The van der Waals surface area contributed by atoms with Crippen molar-refractivity contribution in [2.45, 2.75) is 0 Å². The number of carbonyl (C=O) groups is 1. The predicted molar refractivity (Wildman–Crippen MR) is 50.5 cm³/mol. The molecule has 0 aromatic carbocycles. The summed E-state index contributed by atoms with van der Waals surface area (Å²) < 4.78 is 0. The van der Waals surface area contributed by atoms with Gasteiger partial charge in [0, 0.05) is 5.75 Å². The fourth-order valence-corrected chi connectivity index (χ4v) is 2.12. The van der Waals surface area contributed by atoms with E-state index in [2.05, 4.69) is 10.8 Å². The molecule has 1 amide bonds. The Morgan fingerprint density at radius 1 is 1.45 bits per heavy atom. The Balaban J connectivity index is 2.27. The molecular weight excluding hydrogens is 158 g/mol. The van der Waals surface area contributed by atoms with Crippen LogP contribution < -0.4 is 5.73 Å². The first-order valence-corrected chi connectivity index (χ1v) is 5.02. The van der Waals surface area contributed by atoms with E-state index in [1.165, 1.54) is 6.08 Å². The van der Waals surface area contributed by atoms with Crippen LogP contribution in [0, 0.1) is 0 Å². The predicted octanol–water partition coefficient (Wildman–Crippen LogP) is 1.07. The molecule has 1 aliphatic heterocycles. The van der Waals surface area contributed by atoms with Crippen molar-refractivity contribution in [3.05, 3.63) is 35.1 Å². The van der Waals surface area contributed by atoms with Gasteiger partial charge in [0.15, 0.2) is 0 Å². The van der Waals surface area contributed by atoms with Gasteiger partial charge in [-0.2, -0.15) is 0 Å². The monoisotopic (exact) mass is 169 g/mol. The fraction of sp³-hybridized carbons (Fsp3) is 0.125. The highest BCUT2D eigenvalue weighted by Crippen LogP contribution is 2.32. The number of amides is 1. The van der Waals surface area contributed by atoms with Crippen LogP contribution in [0.1, 0.15) is 0 Å². The molecule has 0 radical (unpaired) electrons. The van der Waals surface area contributed by atoms with Crippen LogP contribution in [-0.4, -0.2) is 11.7 Å². The van der Waals surface area contributed by atoms with E-state index in [0.29, 0.717) is 0 Å². The molecule has 1 heterocycles. The van der Waals surface area contributed by atoms with Gasteiger partial charge in [-0.25, -0.2) is 10.9 Å². The molecule has 2 nitrogen and oxygen atoms in total. The van der Waals surface area contributed by atoms with Gasteiger partial charge in [-0.3, -0.25) is 4.79 Å². The lowest BCUT2D eigenvalue weighted by Gasteiger charge is -2.03. The third-order valence-electron chi connectivity index (χ3n) is 1.26. The van der Waals surface area contributed by atoms with Crippen molar-refractivity contribution in [3.8, 4) is 0 Å². The molecule has 0 saturated heterocycles. The molecule has 60 valence electrons. The van der Waals surface area contributed by atoms with E-state index >= 15 is 0 Å². The summed E-state index contributed by atoms with van der Waals surface area (Å²) in [5, 5.41) is 4.31. The molecule has 0 fully saturated rings. The lowest BCUT2D eigenvalue weighted by molar-refractivity contribution is -0.113. The lowest BCUT2D eigenvalue weighted by Crippen LogP contribution is -2.05. The average Bonchev–Trinajstić information content (AvgIpc) is 2.39. The molecule has 0 aromatic heterocycles. The van der Waals surface area contributed by atoms with E-state index in [1.807, 2.05) is 18.2 Å². The quantitative estimate of drug-likeness (QED) is 0.481. The van der Waals surface area contributed by atoms with Crippen LogP contribution in [0.2, 0.25) is 0 Å². The summed E-state index contributed by atoms with van der Waals surface area (Å²) in [6, 6.07) is 0. The van der Waals surface area contributed by atoms with E-state index in [4.69, 9.17) is 5.73 Å². The van der Waals surface area contributed by atoms with Crippen LogP contribution in [0.25, 0.3) is 0 Å². The molecule has 11 heavy (non-hydrogen) atoms. The molecule has 0 unspecified atom stereocenters. The van der Waals surface area contributed by atoms with Crippen molar-refractivity contribution < 1.29 is 4.79 Å². The van der Waals surface area contributed by atoms with Gasteiger partial charge in [-0.1, -0.05) is 18.2 Å². The average molecular weight is 169 g/mol. The van der Waals surface area contributed by atoms with E-state index in [0.717, 1.165) is 5.75 Å². The van der Waals surface area contributed by atoms with Crippen molar-refractivity contribution in [1.29, 1.82) is 0 Å². The maximum atomic E-state index is 10.3. The van der Waals surface area contributed by atoms with Crippen LogP contribution >= 0.6 is 10.9 Å². The summed E-state index contributed by atoms with van der Waals surface area (Å²) >= 11 is 0. The second kappa shape index (κ2) is 4.03. The van der Waals surface area contributed by atoms with Crippen molar-refractivity contribution in [2.75, 3.05) is 5.75 Å². The number of hydrogen-bond acceptors (Lipinski definition) is 1. The smallest absolute Gasteiger partial charge is 0.241 e. The largest absolute Gasteiger partial charge is 0.366 e. The highest BCUT2D eigenvalue weighted by atomic mass is 32.2. The summed E-state index contributed by atoms with van der Waals surface area (Å²) in [5.41, 5.74) is 4.92. The molecule has 0 aromatic rings. The van der Waals surface area contributed by atoms with Crippen molar-refractivity contribution in [2.24, 2.45) is 5.73 Å². The number of hydrogen-bond donors (Lipinski definition) is 2. The molecule has 0 spiro atoms. The van der Waals surface area contributed by atoms with Crippen LogP contribution in [0.4, 0.5) is 0 Å². The maximum absolute atomic E-state index is 10.3. The highest BCUT2D eigenvalue weighted by Gasteiger charge is 1.94. The van der Waals surface area contributed by atoms with Gasteiger partial charge in [0.1, 0.15) is 0 Å². The van der Waals surface area contributed by atoms with Gasteiger partial charge in [-0.05, 0) is 16.9 Å². The number of thiol groups is 1. The summed E-state index contributed by atoms with van der Waals surface area (Å²) in [5.74, 6) is 0.554. The minimum atomic E-state index is -0.368. The van der Waals surface area contributed by atoms with Gasteiger partial charge in [-0.15, -0.1) is 0 Å². The third-order valence-corrected chi connectivity index (χ3v) is 3.01. The zero-order chi connectivity index (χ0) is 8.10. The Hall–Kier alpha value is -0.960. The van der Waals surface area contributed by atoms with Crippen LogP contribution in [0.5, 0.6) is 0 Å². The van der Waals surface area contributed by atoms with Gasteiger partial charge >= 0.3 is 0 Å². The van der Waals surface area contributed by atoms with Crippen molar-refractivity contribution >= 4 is 16.8 Å². The molecule has 1 aliphatic rings. The molecule has 3 heteroatoms. The van der Waals surface area contributed by atoms with E-state index < -0.39 is 0 Å². The number of allylic oxidation sites excluding steroid dienone is 2. The zero-order valence-corrected chi connectivity index (χ0v) is 7.00. The molecule has 1 rings (SSSR count). The van der Waals surface area contributed by atoms with Crippen LogP contribution in [0.3, 0.4) is 0 Å². The second-order valence-electron chi connectivity index (χ2n) is 2.18. The molecule has 0 aliphatic carbocycles. The Morgan fingerprint density at radius 2 is 2.09 bits per heavy atom. The number of carbonyl (C=O) groups excluding carboxylic acids is 1. The number of nitrogens with two attached hydrogens (primary N) is 1. The zero-order valence-electron chi connectivity index (χ0n) is 6.10. The number of primary amides is 1. The summed E-state index contributed by atoms with van der Waals surface area (Å²) in [6.07, 6.45) is 7.31. The molecule has 2 N–H and O–H groups in total. The van der Waals surface area contributed by atoms with Gasteiger partial charge in [0.25, 0.3) is 0 Å². The normalized spacial score (nSPS) is 18.4. The Kier molecular flexibility index (Phi) is 2.98. The minimum Gasteiger partial charge on any atom is -0.366 e. The minimum absolute atomic E-state index is 0.131. The highest BCUT2D eigenvalue weighted by molar-refractivity contribution is 8.22. The first kappa shape index (κ1) is 8.14. The molecule has 0 bridgehead atoms. The van der Waals surface area contributed by atoms with E-state index in [1.54, 1.807) is 0 Å². The van der Waals surface area contributed by atoms with Gasteiger partial charge < -0.3 is 5.73 Å². The second-order valence-corrected chi connectivity index (χ2v) is 4.17. The first-order valence-electron chi connectivity index (χ1n) is 3.36. The SMILES string of the molecule is NC(=O)C=CC[SH]1C=CC=C1. The van der Waals surface area contributed by atoms with Crippen LogP contribution in [0.15, 0.2) is 35.1 Å². The maximum Gasteiger partial charge on any atom is 0.241 e. The summed E-state index contributed by atoms with van der Waals surface area (Å²) in [4.78, 5) is 10.3. The topological polar surface area (TPSA) is 43.1 Å². The Labute approximate surface area is 68.8 Å².